The van der Waals surface area contributed by atoms with E-state index in [1.54, 1.807) is 13.1 Å². The SMILES string of the molecule is CCC1COC(=O)N1c1nc(C)nc(N[C@@H](C)c2ccc(OCc3ccccn3)cc2)n1. The molecule has 32 heavy (non-hydrogen) atoms. The van der Waals surface area contributed by atoms with Crippen molar-refractivity contribution in [2.75, 3.05) is 16.8 Å². The van der Waals surface area contributed by atoms with Crippen molar-refractivity contribution in [1.29, 1.82) is 0 Å². The van der Waals surface area contributed by atoms with Crippen molar-refractivity contribution in [3.05, 3.63) is 65.7 Å². The van der Waals surface area contributed by atoms with Crippen molar-refractivity contribution < 1.29 is 14.3 Å². The van der Waals surface area contributed by atoms with E-state index in [1.807, 2.05) is 56.3 Å². The van der Waals surface area contributed by atoms with E-state index in [0.717, 1.165) is 23.4 Å². The van der Waals surface area contributed by atoms with Gasteiger partial charge >= 0.3 is 6.09 Å². The van der Waals surface area contributed by atoms with Gasteiger partial charge in [0.05, 0.1) is 17.8 Å². The van der Waals surface area contributed by atoms with Gasteiger partial charge in [0.15, 0.2) is 0 Å². The van der Waals surface area contributed by atoms with Crippen molar-refractivity contribution in [2.24, 2.45) is 0 Å². The highest BCUT2D eigenvalue weighted by Crippen LogP contribution is 2.24. The van der Waals surface area contributed by atoms with Gasteiger partial charge in [0.25, 0.3) is 0 Å². The molecule has 3 heterocycles. The van der Waals surface area contributed by atoms with Crippen LogP contribution in [0.25, 0.3) is 0 Å². The lowest BCUT2D eigenvalue weighted by molar-refractivity contribution is 0.178. The molecule has 3 aromatic rings. The van der Waals surface area contributed by atoms with Crippen LogP contribution in [-0.2, 0) is 11.3 Å². The molecule has 9 nitrogen and oxygen atoms in total. The van der Waals surface area contributed by atoms with E-state index in [9.17, 15) is 4.79 Å². The molecule has 1 aromatic carbocycles. The van der Waals surface area contributed by atoms with E-state index in [1.165, 1.54) is 4.90 Å². The number of aromatic nitrogens is 4. The fourth-order valence-corrected chi connectivity index (χ4v) is 3.42. The van der Waals surface area contributed by atoms with Gasteiger partial charge in [-0.1, -0.05) is 25.1 Å². The summed E-state index contributed by atoms with van der Waals surface area (Å²) in [5.41, 5.74) is 1.92. The molecule has 2 atom stereocenters. The van der Waals surface area contributed by atoms with E-state index in [0.29, 0.717) is 30.9 Å². The van der Waals surface area contributed by atoms with Gasteiger partial charge in [-0.2, -0.15) is 15.0 Å². The lowest BCUT2D eigenvalue weighted by atomic mass is 10.1. The third-order valence-corrected chi connectivity index (χ3v) is 5.22. The van der Waals surface area contributed by atoms with E-state index < -0.39 is 6.09 Å². The van der Waals surface area contributed by atoms with Gasteiger partial charge in [-0.15, -0.1) is 0 Å². The standard InChI is InChI=1S/C23H26N6O3/c1-4-19-14-32-23(30)29(19)22-27-16(3)26-21(28-22)25-15(2)17-8-10-20(11-9-17)31-13-18-7-5-6-12-24-18/h5-12,15,19H,4,13-14H2,1-3H3,(H,25,26,27,28)/t15-,19?/m0/s1. The van der Waals surface area contributed by atoms with E-state index in [4.69, 9.17) is 9.47 Å². The number of anilines is 2. The summed E-state index contributed by atoms with van der Waals surface area (Å²) in [7, 11) is 0. The van der Waals surface area contributed by atoms with Crippen LogP contribution in [0.1, 0.15) is 43.4 Å². The number of aryl methyl sites for hydroxylation is 1. The Morgan fingerprint density at radius 2 is 2.00 bits per heavy atom. The topological polar surface area (TPSA) is 102 Å². The number of nitrogens with zero attached hydrogens (tertiary/aromatic N) is 5. The zero-order valence-corrected chi connectivity index (χ0v) is 18.4. The summed E-state index contributed by atoms with van der Waals surface area (Å²) in [6, 6.07) is 13.4. The van der Waals surface area contributed by atoms with Crippen molar-refractivity contribution in [3.63, 3.8) is 0 Å². The Hall–Kier alpha value is -3.75. The molecule has 1 aliphatic rings. The molecule has 1 aliphatic heterocycles. The van der Waals surface area contributed by atoms with Crippen LogP contribution in [0, 0.1) is 6.92 Å². The second-order valence-corrected chi connectivity index (χ2v) is 7.56. The van der Waals surface area contributed by atoms with Crippen LogP contribution in [-0.4, -0.2) is 38.7 Å². The Balaban J connectivity index is 1.43. The van der Waals surface area contributed by atoms with Crippen LogP contribution in [0.3, 0.4) is 0 Å². The lowest BCUT2D eigenvalue weighted by Crippen LogP contribution is -2.34. The van der Waals surface area contributed by atoms with Crippen molar-refractivity contribution in [3.8, 4) is 5.75 Å². The zero-order valence-electron chi connectivity index (χ0n) is 18.4. The molecule has 1 fully saturated rings. The van der Waals surface area contributed by atoms with Gasteiger partial charge in [0, 0.05) is 6.20 Å². The van der Waals surface area contributed by atoms with Crippen LogP contribution in [0.4, 0.5) is 16.7 Å². The largest absolute Gasteiger partial charge is 0.487 e. The lowest BCUT2D eigenvalue weighted by Gasteiger charge is -2.20. The van der Waals surface area contributed by atoms with Gasteiger partial charge in [0.2, 0.25) is 11.9 Å². The number of pyridine rings is 1. The number of rotatable bonds is 8. The first-order valence-corrected chi connectivity index (χ1v) is 10.6. The molecular formula is C23H26N6O3. The highest BCUT2D eigenvalue weighted by atomic mass is 16.6. The Labute approximate surface area is 186 Å². The van der Waals surface area contributed by atoms with Crippen LogP contribution in [0.15, 0.2) is 48.7 Å². The first-order chi connectivity index (χ1) is 15.5. The molecule has 0 spiro atoms. The molecule has 1 N–H and O–H groups in total. The molecule has 0 aliphatic carbocycles. The first kappa shape index (κ1) is 21.5. The normalized spacial score (nSPS) is 16.5. The van der Waals surface area contributed by atoms with E-state index in [2.05, 4.69) is 25.3 Å². The monoisotopic (exact) mass is 434 g/mol. The summed E-state index contributed by atoms with van der Waals surface area (Å²) in [5, 5.41) is 3.30. The highest BCUT2D eigenvalue weighted by Gasteiger charge is 2.35. The molecule has 0 saturated carbocycles. The number of carbonyl (C=O) groups excluding carboxylic acids is 1. The average Bonchev–Trinajstić information content (AvgIpc) is 3.19. The van der Waals surface area contributed by atoms with Crippen molar-refractivity contribution >= 4 is 18.0 Å². The molecule has 9 heteroatoms. The number of benzene rings is 1. The van der Waals surface area contributed by atoms with Gasteiger partial charge in [-0.25, -0.2) is 9.69 Å². The summed E-state index contributed by atoms with van der Waals surface area (Å²) in [6.45, 7) is 6.55. The summed E-state index contributed by atoms with van der Waals surface area (Å²) >= 11 is 0. The number of hydrogen-bond acceptors (Lipinski definition) is 8. The fourth-order valence-electron chi connectivity index (χ4n) is 3.42. The number of amides is 1. The predicted molar refractivity (Wildman–Crippen MR) is 120 cm³/mol. The maximum absolute atomic E-state index is 12.2. The van der Waals surface area contributed by atoms with Gasteiger partial charge in [-0.3, -0.25) is 4.98 Å². The summed E-state index contributed by atoms with van der Waals surface area (Å²) in [5.74, 6) is 2.01. The van der Waals surface area contributed by atoms with Gasteiger partial charge in [0.1, 0.15) is 24.8 Å². The maximum Gasteiger partial charge on any atom is 0.417 e. The van der Waals surface area contributed by atoms with E-state index in [-0.39, 0.29) is 12.1 Å². The molecule has 0 radical (unpaired) electrons. The minimum atomic E-state index is -0.428. The van der Waals surface area contributed by atoms with Crippen LogP contribution >= 0.6 is 0 Å². The minimum Gasteiger partial charge on any atom is -0.487 e. The molecule has 1 saturated heterocycles. The third-order valence-electron chi connectivity index (χ3n) is 5.22. The highest BCUT2D eigenvalue weighted by molar-refractivity contribution is 5.88. The second kappa shape index (κ2) is 9.59. The Bertz CT molecular complexity index is 1060. The summed E-state index contributed by atoms with van der Waals surface area (Å²) in [4.78, 5) is 31.1. The van der Waals surface area contributed by atoms with Crippen LogP contribution < -0.4 is 15.0 Å². The fraction of sp³-hybridized carbons (Fsp3) is 0.348. The van der Waals surface area contributed by atoms with Gasteiger partial charge < -0.3 is 14.8 Å². The predicted octanol–water partition coefficient (Wildman–Crippen LogP) is 4.06. The third kappa shape index (κ3) is 4.93. The molecule has 0 bridgehead atoms. The molecule has 1 amide bonds. The number of cyclic esters (lactones) is 1. The van der Waals surface area contributed by atoms with Crippen molar-refractivity contribution in [1.82, 2.24) is 19.9 Å². The number of carbonyl (C=O) groups is 1. The molecule has 166 valence electrons. The minimum absolute atomic E-state index is 0.0676. The zero-order chi connectivity index (χ0) is 22.5. The number of hydrogen-bond donors (Lipinski definition) is 1. The number of ether oxygens (including phenoxy) is 2. The Morgan fingerprint density at radius 3 is 2.72 bits per heavy atom. The Morgan fingerprint density at radius 1 is 1.19 bits per heavy atom. The smallest absolute Gasteiger partial charge is 0.417 e. The van der Waals surface area contributed by atoms with Gasteiger partial charge in [-0.05, 0) is 50.1 Å². The Kier molecular flexibility index (Phi) is 6.44. The molecule has 2 aromatic heterocycles. The second-order valence-electron chi connectivity index (χ2n) is 7.56. The number of nitrogens with one attached hydrogen (secondary N) is 1. The summed E-state index contributed by atoms with van der Waals surface area (Å²) < 4.78 is 11.0. The summed E-state index contributed by atoms with van der Waals surface area (Å²) in [6.07, 6.45) is 2.07. The van der Waals surface area contributed by atoms with E-state index >= 15 is 0 Å². The van der Waals surface area contributed by atoms with Crippen LogP contribution in [0.5, 0.6) is 5.75 Å². The van der Waals surface area contributed by atoms with Crippen molar-refractivity contribution in [2.45, 2.75) is 45.9 Å². The molecule has 1 unspecified atom stereocenters. The quantitative estimate of drug-likeness (QED) is 0.566. The molecule has 4 rings (SSSR count). The van der Waals surface area contributed by atoms with Crippen LogP contribution in [0.2, 0.25) is 0 Å². The maximum atomic E-state index is 12.2. The first-order valence-electron chi connectivity index (χ1n) is 10.6. The average molecular weight is 435 g/mol. The molecular weight excluding hydrogens is 408 g/mol.